The fourth-order valence-corrected chi connectivity index (χ4v) is 1.90. The molecule has 2 rings (SSSR count). The summed E-state index contributed by atoms with van der Waals surface area (Å²) >= 11 is 0. The summed E-state index contributed by atoms with van der Waals surface area (Å²) in [4.78, 5) is 13.1. The Hall–Kier alpha value is -1.58. The van der Waals surface area contributed by atoms with E-state index in [1.54, 1.807) is 0 Å². The fourth-order valence-electron chi connectivity index (χ4n) is 1.90. The molecule has 0 N–H and O–H groups in total. The van der Waals surface area contributed by atoms with Gasteiger partial charge >= 0.3 is 6.09 Å². The van der Waals surface area contributed by atoms with E-state index in [4.69, 9.17) is 4.74 Å². The largest absolute Gasteiger partial charge is 0.445 e. The Labute approximate surface area is 100 Å². The van der Waals surface area contributed by atoms with Crippen molar-refractivity contribution < 1.29 is 13.9 Å². The normalized spacial score (nSPS) is 20.1. The minimum absolute atomic E-state index is 0.160. The maximum atomic E-state index is 13.1. The van der Waals surface area contributed by atoms with Gasteiger partial charge in [-0.3, -0.25) is 0 Å². The first kappa shape index (κ1) is 11.9. The smallest absolute Gasteiger partial charge is 0.410 e. The molecule has 0 spiro atoms. The number of benzene rings is 1. The number of carbonyl (C=O) groups excluding carboxylic acids is 1. The van der Waals surface area contributed by atoms with Crippen LogP contribution < -0.4 is 0 Å². The highest BCUT2D eigenvalue weighted by Gasteiger charge is 2.24. The Kier molecular flexibility index (Phi) is 3.96. The second-order valence-electron chi connectivity index (χ2n) is 4.23. The average Bonchev–Trinajstić information content (AvgIpc) is 2.37. The first-order valence-corrected chi connectivity index (χ1v) is 5.85. The molecule has 0 aliphatic carbocycles. The molecule has 0 radical (unpaired) electrons. The van der Waals surface area contributed by atoms with Crippen LogP contribution in [0.1, 0.15) is 18.4 Å². The van der Waals surface area contributed by atoms with Crippen LogP contribution >= 0.6 is 0 Å². The number of rotatable bonds is 2. The number of alkyl halides is 1. The van der Waals surface area contributed by atoms with Crippen molar-refractivity contribution in [1.29, 1.82) is 0 Å². The van der Waals surface area contributed by atoms with Crippen molar-refractivity contribution in [3.8, 4) is 0 Å². The number of halogens is 1. The van der Waals surface area contributed by atoms with E-state index < -0.39 is 12.3 Å². The molecule has 1 aromatic carbocycles. The van der Waals surface area contributed by atoms with Gasteiger partial charge in [-0.25, -0.2) is 9.18 Å². The molecule has 0 aromatic heterocycles. The number of nitrogens with zero attached hydrogens (tertiary/aromatic N) is 1. The summed E-state index contributed by atoms with van der Waals surface area (Å²) in [6.07, 6.45) is -0.0754. The Morgan fingerprint density at radius 2 is 2.18 bits per heavy atom. The highest BCUT2D eigenvalue weighted by molar-refractivity contribution is 5.67. The second kappa shape index (κ2) is 5.66. The van der Waals surface area contributed by atoms with E-state index in [1.807, 2.05) is 30.3 Å². The number of amides is 1. The minimum Gasteiger partial charge on any atom is -0.445 e. The van der Waals surface area contributed by atoms with Crippen molar-refractivity contribution in [1.82, 2.24) is 4.90 Å². The SMILES string of the molecule is O=C(OCc1ccccc1)N1CCC[C@@H](F)C1. The van der Waals surface area contributed by atoms with Crippen LogP contribution in [0.15, 0.2) is 30.3 Å². The lowest BCUT2D eigenvalue weighted by atomic mass is 10.1. The third-order valence-electron chi connectivity index (χ3n) is 2.83. The van der Waals surface area contributed by atoms with Crippen molar-refractivity contribution >= 4 is 6.09 Å². The zero-order valence-electron chi connectivity index (χ0n) is 9.64. The van der Waals surface area contributed by atoms with Gasteiger partial charge in [0.2, 0.25) is 0 Å². The molecule has 1 heterocycles. The lowest BCUT2D eigenvalue weighted by Gasteiger charge is -2.28. The molecule has 1 fully saturated rings. The van der Waals surface area contributed by atoms with Crippen molar-refractivity contribution in [3.05, 3.63) is 35.9 Å². The van der Waals surface area contributed by atoms with E-state index in [0.29, 0.717) is 19.4 Å². The van der Waals surface area contributed by atoms with Crippen LogP contribution in [0, 0.1) is 0 Å². The molecule has 1 amide bonds. The molecule has 1 atom stereocenters. The summed E-state index contributed by atoms with van der Waals surface area (Å²) in [6, 6.07) is 9.47. The first-order valence-electron chi connectivity index (χ1n) is 5.85. The molecule has 17 heavy (non-hydrogen) atoms. The van der Waals surface area contributed by atoms with Gasteiger partial charge in [0.15, 0.2) is 0 Å². The van der Waals surface area contributed by atoms with Crippen LogP contribution in [0.25, 0.3) is 0 Å². The topological polar surface area (TPSA) is 29.5 Å². The van der Waals surface area contributed by atoms with Gasteiger partial charge in [-0.15, -0.1) is 0 Å². The number of hydrogen-bond acceptors (Lipinski definition) is 2. The van der Waals surface area contributed by atoms with Crippen LogP contribution in [0.2, 0.25) is 0 Å². The van der Waals surface area contributed by atoms with Crippen LogP contribution in [0.5, 0.6) is 0 Å². The summed E-state index contributed by atoms with van der Waals surface area (Å²) < 4.78 is 18.2. The van der Waals surface area contributed by atoms with Crippen LogP contribution in [0.3, 0.4) is 0 Å². The first-order chi connectivity index (χ1) is 8.25. The molecule has 0 unspecified atom stereocenters. The molecule has 1 saturated heterocycles. The zero-order chi connectivity index (χ0) is 12.1. The molecular formula is C13H16FNO2. The van der Waals surface area contributed by atoms with Gasteiger partial charge in [-0.2, -0.15) is 0 Å². The highest BCUT2D eigenvalue weighted by Crippen LogP contribution is 2.14. The lowest BCUT2D eigenvalue weighted by Crippen LogP contribution is -2.40. The summed E-state index contributed by atoms with van der Waals surface area (Å²) in [5.41, 5.74) is 0.939. The van der Waals surface area contributed by atoms with E-state index in [0.717, 1.165) is 5.56 Å². The number of hydrogen-bond donors (Lipinski definition) is 0. The molecule has 1 aromatic rings. The Morgan fingerprint density at radius 3 is 2.88 bits per heavy atom. The zero-order valence-corrected chi connectivity index (χ0v) is 9.64. The van der Waals surface area contributed by atoms with Gasteiger partial charge in [0.25, 0.3) is 0 Å². The van der Waals surface area contributed by atoms with Gasteiger partial charge in [0, 0.05) is 6.54 Å². The lowest BCUT2D eigenvalue weighted by molar-refractivity contribution is 0.0718. The summed E-state index contributed by atoms with van der Waals surface area (Å²) in [5, 5.41) is 0. The van der Waals surface area contributed by atoms with E-state index in [-0.39, 0.29) is 13.2 Å². The standard InChI is InChI=1S/C13H16FNO2/c14-12-7-4-8-15(9-12)13(16)17-10-11-5-2-1-3-6-11/h1-3,5-6,12H,4,7-10H2/t12-/m1/s1. The van der Waals surface area contributed by atoms with E-state index in [2.05, 4.69) is 0 Å². The molecule has 92 valence electrons. The molecule has 1 aliphatic rings. The number of piperidine rings is 1. The van der Waals surface area contributed by atoms with Crippen molar-refractivity contribution in [2.24, 2.45) is 0 Å². The van der Waals surface area contributed by atoms with E-state index >= 15 is 0 Å². The average molecular weight is 237 g/mol. The Balaban J connectivity index is 1.81. The van der Waals surface area contributed by atoms with Crippen molar-refractivity contribution in [2.45, 2.75) is 25.6 Å². The van der Waals surface area contributed by atoms with Gasteiger partial charge in [0.05, 0.1) is 6.54 Å². The number of likely N-dealkylation sites (tertiary alicyclic amines) is 1. The molecule has 0 saturated carbocycles. The molecule has 0 bridgehead atoms. The van der Waals surface area contributed by atoms with Gasteiger partial charge < -0.3 is 9.64 Å². The summed E-state index contributed by atoms with van der Waals surface area (Å²) in [7, 11) is 0. The van der Waals surface area contributed by atoms with Crippen LogP contribution in [-0.4, -0.2) is 30.3 Å². The third-order valence-corrected chi connectivity index (χ3v) is 2.83. The van der Waals surface area contributed by atoms with Crippen molar-refractivity contribution in [3.63, 3.8) is 0 Å². The highest BCUT2D eigenvalue weighted by atomic mass is 19.1. The predicted octanol–water partition coefficient (Wildman–Crippen LogP) is 2.76. The monoisotopic (exact) mass is 237 g/mol. The molecule has 1 aliphatic heterocycles. The number of carbonyl (C=O) groups is 1. The van der Waals surface area contributed by atoms with Gasteiger partial charge in [-0.1, -0.05) is 30.3 Å². The Bertz CT molecular complexity index is 369. The minimum atomic E-state index is -0.909. The molecule has 4 heteroatoms. The van der Waals surface area contributed by atoms with Gasteiger partial charge in [0.1, 0.15) is 12.8 Å². The fraction of sp³-hybridized carbons (Fsp3) is 0.462. The third kappa shape index (κ3) is 3.44. The molecule has 3 nitrogen and oxygen atoms in total. The maximum absolute atomic E-state index is 13.1. The van der Waals surface area contributed by atoms with E-state index in [1.165, 1.54) is 4.90 Å². The molecular weight excluding hydrogens is 221 g/mol. The summed E-state index contributed by atoms with van der Waals surface area (Å²) in [5.74, 6) is 0. The Morgan fingerprint density at radius 1 is 1.41 bits per heavy atom. The second-order valence-corrected chi connectivity index (χ2v) is 4.23. The van der Waals surface area contributed by atoms with Crippen LogP contribution in [0.4, 0.5) is 9.18 Å². The van der Waals surface area contributed by atoms with E-state index in [9.17, 15) is 9.18 Å². The number of ether oxygens (including phenoxy) is 1. The van der Waals surface area contributed by atoms with Gasteiger partial charge in [-0.05, 0) is 18.4 Å². The summed E-state index contributed by atoms with van der Waals surface area (Å²) in [6.45, 7) is 0.995. The van der Waals surface area contributed by atoms with Crippen molar-refractivity contribution in [2.75, 3.05) is 13.1 Å². The maximum Gasteiger partial charge on any atom is 0.410 e. The van der Waals surface area contributed by atoms with Crippen LogP contribution in [-0.2, 0) is 11.3 Å². The quantitative estimate of drug-likeness (QED) is 0.791. The predicted molar refractivity (Wildman–Crippen MR) is 62.3 cm³/mol.